The van der Waals surface area contributed by atoms with Crippen LogP contribution in [0.1, 0.15) is 41.9 Å². The van der Waals surface area contributed by atoms with Gasteiger partial charge in [0.15, 0.2) is 5.82 Å². The van der Waals surface area contributed by atoms with E-state index in [1.165, 1.54) is 6.07 Å². The average molecular weight is 311 g/mol. The molecule has 1 aliphatic rings. The Morgan fingerprint density at radius 3 is 2.91 bits per heavy atom. The van der Waals surface area contributed by atoms with E-state index in [4.69, 9.17) is 9.51 Å². The number of aromatic nitrogens is 5. The molecule has 0 bridgehead atoms. The van der Waals surface area contributed by atoms with Crippen molar-refractivity contribution in [3.8, 4) is 5.69 Å². The second kappa shape index (κ2) is 5.49. The van der Waals surface area contributed by atoms with Gasteiger partial charge in [-0.05, 0) is 31.9 Å². The zero-order valence-electron chi connectivity index (χ0n) is 12.8. The number of aryl methyl sites for hydroxylation is 3. The Kier molecular flexibility index (Phi) is 3.33. The number of aromatic amines is 1. The Morgan fingerprint density at radius 2 is 2.22 bits per heavy atom. The van der Waals surface area contributed by atoms with Crippen molar-refractivity contribution in [3.05, 3.63) is 57.9 Å². The van der Waals surface area contributed by atoms with Crippen molar-refractivity contribution in [1.82, 2.24) is 24.9 Å². The van der Waals surface area contributed by atoms with E-state index in [1.54, 1.807) is 6.20 Å². The Labute approximate surface area is 132 Å². The van der Waals surface area contributed by atoms with Gasteiger partial charge in [-0.1, -0.05) is 0 Å². The summed E-state index contributed by atoms with van der Waals surface area (Å²) in [5.41, 5.74) is 1.68. The van der Waals surface area contributed by atoms with E-state index in [0.717, 1.165) is 35.9 Å². The third-order valence-electron chi connectivity index (χ3n) is 3.93. The molecule has 0 unspecified atom stereocenters. The highest BCUT2D eigenvalue weighted by Gasteiger charge is 2.29. The molecule has 1 fully saturated rings. The molecule has 3 aromatic heterocycles. The third kappa shape index (κ3) is 2.94. The predicted molar refractivity (Wildman–Crippen MR) is 82.6 cm³/mol. The van der Waals surface area contributed by atoms with E-state index in [9.17, 15) is 4.79 Å². The smallest absolute Gasteiger partial charge is 0.280 e. The van der Waals surface area contributed by atoms with Crippen LogP contribution in [0.2, 0.25) is 0 Å². The highest BCUT2D eigenvalue weighted by atomic mass is 16.5. The molecule has 118 valence electrons. The van der Waals surface area contributed by atoms with Crippen LogP contribution >= 0.6 is 0 Å². The van der Waals surface area contributed by atoms with Gasteiger partial charge in [-0.2, -0.15) is 10.3 Å². The fraction of sp³-hybridized carbons (Fsp3) is 0.375. The van der Waals surface area contributed by atoms with Crippen molar-refractivity contribution in [1.29, 1.82) is 0 Å². The van der Waals surface area contributed by atoms with E-state index in [1.807, 2.05) is 23.7 Å². The van der Waals surface area contributed by atoms with Gasteiger partial charge in [0.25, 0.3) is 5.56 Å². The summed E-state index contributed by atoms with van der Waals surface area (Å²) in [5, 5.41) is 6.99. The summed E-state index contributed by atoms with van der Waals surface area (Å²) in [5.74, 6) is 2.90. The van der Waals surface area contributed by atoms with E-state index in [2.05, 4.69) is 15.2 Å². The van der Waals surface area contributed by atoms with Crippen molar-refractivity contribution >= 4 is 0 Å². The molecule has 3 heterocycles. The van der Waals surface area contributed by atoms with Crippen molar-refractivity contribution in [2.75, 3.05) is 0 Å². The quantitative estimate of drug-likeness (QED) is 0.777. The first-order valence-electron chi connectivity index (χ1n) is 7.75. The lowest BCUT2D eigenvalue weighted by atomic mass is 10.2. The van der Waals surface area contributed by atoms with Crippen LogP contribution in [0, 0.1) is 6.92 Å². The minimum atomic E-state index is -0.218. The van der Waals surface area contributed by atoms with Crippen molar-refractivity contribution < 1.29 is 4.52 Å². The number of hydrogen-bond donors (Lipinski definition) is 1. The maximum Gasteiger partial charge on any atom is 0.280 e. The van der Waals surface area contributed by atoms with Crippen LogP contribution in [0.25, 0.3) is 5.69 Å². The maximum atomic E-state index is 11.1. The summed E-state index contributed by atoms with van der Waals surface area (Å²) in [7, 11) is 0. The van der Waals surface area contributed by atoms with Gasteiger partial charge in [0.05, 0.1) is 5.69 Å². The number of pyridine rings is 1. The normalized spacial score (nSPS) is 14.3. The highest BCUT2D eigenvalue weighted by Crippen LogP contribution is 2.38. The van der Waals surface area contributed by atoms with Gasteiger partial charge >= 0.3 is 0 Å². The molecule has 1 saturated carbocycles. The molecule has 0 aliphatic heterocycles. The lowest BCUT2D eigenvalue weighted by molar-refractivity contribution is 0.377. The molecule has 23 heavy (non-hydrogen) atoms. The molecule has 7 heteroatoms. The maximum absolute atomic E-state index is 11.1. The molecule has 4 rings (SSSR count). The molecule has 1 aliphatic carbocycles. The van der Waals surface area contributed by atoms with Crippen LogP contribution in [-0.4, -0.2) is 24.9 Å². The van der Waals surface area contributed by atoms with Gasteiger partial charge in [0.1, 0.15) is 11.6 Å². The molecule has 1 N–H and O–H groups in total. The Bertz CT molecular complexity index is 888. The van der Waals surface area contributed by atoms with E-state index in [0.29, 0.717) is 24.5 Å². The molecule has 0 atom stereocenters. The molecular weight excluding hydrogens is 294 g/mol. The SMILES string of the molecule is Cc1cc(-n2nc(C3CC3)nc2CCc2cc(=O)[nH]o2)ccn1. The lowest BCUT2D eigenvalue weighted by Gasteiger charge is -2.05. The van der Waals surface area contributed by atoms with Crippen molar-refractivity contribution in [2.24, 2.45) is 0 Å². The van der Waals surface area contributed by atoms with Gasteiger partial charge in [0.2, 0.25) is 0 Å². The van der Waals surface area contributed by atoms with Gasteiger partial charge in [0, 0.05) is 36.7 Å². The van der Waals surface area contributed by atoms with E-state index in [-0.39, 0.29) is 5.56 Å². The molecule has 0 saturated heterocycles. The number of rotatable bonds is 5. The van der Waals surface area contributed by atoms with Crippen molar-refractivity contribution in [2.45, 2.75) is 38.5 Å². The lowest BCUT2D eigenvalue weighted by Crippen LogP contribution is -2.05. The molecule has 0 spiro atoms. The summed E-state index contributed by atoms with van der Waals surface area (Å²) in [4.78, 5) is 20.1. The summed E-state index contributed by atoms with van der Waals surface area (Å²) in [6, 6.07) is 5.39. The van der Waals surface area contributed by atoms with E-state index < -0.39 is 0 Å². The molecule has 0 amide bonds. The molecule has 3 aromatic rings. The van der Waals surface area contributed by atoms with Gasteiger partial charge in [-0.3, -0.25) is 9.78 Å². The largest absolute Gasteiger partial charge is 0.384 e. The fourth-order valence-corrected chi connectivity index (χ4v) is 2.59. The average Bonchev–Trinajstić information content (AvgIpc) is 3.17. The van der Waals surface area contributed by atoms with Gasteiger partial charge < -0.3 is 4.52 Å². The second-order valence-corrected chi connectivity index (χ2v) is 5.91. The second-order valence-electron chi connectivity index (χ2n) is 5.91. The van der Waals surface area contributed by atoms with Crippen LogP contribution in [0.5, 0.6) is 0 Å². The summed E-state index contributed by atoms with van der Waals surface area (Å²) < 4.78 is 6.99. The standard InChI is InChI=1S/C16H17N5O2/c1-10-8-12(6-7-17-10)21-14(18-16(19-21)11-2-3-11)5-4-13-9-15(22)20-23-13/h6-9,11H,2-5H2,1H3,(H,20,22). The minimum Gasteiger partial charge on any atom is -0.384 e. The number of nitrogens with zero attached hydrogens (tertiary/aromatic N) is 4. The minimum absolute atomic E-state index is 0.218. The molecule has 0 aromatic carbocycles. The van der Waals surface area contributed by atoms with Crippen LogP contribution < -0.4 is 5.56 Å². The highest BCUT2D eigenvalue weighted by molar-refractivity contribution is 5.32. The predicted octanol–water partition coefficient (Wildman–Crippen LogP) is 1.91. The van der Waals surface area contributed by atoms with Crippen LogP contribution in [0.3, 0.4) is 0 Å². The topological polar surface area (TPSA) is 89.6 Å². The first-order chi connectivity index (χ1) is 11.2. The number of H-pyrrole nitrogens is 1. The summed E-state index contributed by atoms with van der Waals surface area (Å²) in [6.07, 6.45) is 5.35. The Morgan fingerprint density at radius 1 is 1.35 bits per heavy atom. The van der Waals surface area contributed by atoms with Crippen LogP contribution in [0.4, 0.5) is 0 Å². The Balaban J connectivity index is 1.65. The zero-order valence-corrected chi connectivity index (χ0v) is 12.8. The molecule has 7 nitrogen and oxygen atoms in total. The molecule has 0 radical (unpaired) electrons. The summed E-state index contributed by atoms with van der Waals surface area (Å²) in [6.45, 7) is 1.95. The van der Waals surface area contributed by atoms with Crippen LogP contribution in [0.15, 0.2) is 33.7 Å². The zero-order chi connectivity index (χ0) is 15.8. The Hall–Kier alpha value is -2.70. The fourth-order valence-electron chi connectivity index (χ4n) is 2.59. The first kappa shape index (κ1) is 13.9. The third-order valence-corrected chi connectivity index (χ3v) is 3.93. The monoisotopic (exact) mass is 311 g/mol. The first-order valence-corrected chi connectivity index (χ1v) is 7.75. The number of nitrogens with one attached hydrogen (secondary N) is 1. The van der Waals surface area contributed by atoms with Gasteiger partial charge in [-0.25, -0.2) is 9.67 Å². The van der Waals surface area contributed by atoms with Crippen LogP contribution in [-0.2, 0) is 12.8 Å². The van der Waals surface area contributed by atoms with E-state index >= 15 is 0 Å². The number of hydrogen-bond acceptors (Lipinski definition) is 5. The molecular formula is C16H17N5O2. The van der Waals surface area contributed by atoms with Crippen molar-refractivity contribution in [3.63, 3.8) is 0 Å². The summed E-state index contributed by atoms with van der Waals surface area (Å²) >= 11 is 0. The van der Waals surface area contributed by atoms with Gasteiger partial charge in [-0.15, -0.1) is 0 Å².